The van der Waals surface area contributed by atoms with Crippen LogP contribution in [0.1, 0.15) is 11.1 Å². The van der Waals surface area contributed by atoms with Gasteiger partial charge >= 0.3 is 6.18 Å². The van der Waals surface area contributed by atoms with Gasteiger partial charge in [-0.05, 0) is 34.9 Å². The van der Waals surface area contributed by atoms with Crippen LogP contribution in [0.25, 0.3) is 10.4 Å². The molecule has 1 heterocycles. The zero-order valence-electron chi connectivity index (χ0n) is 11.4. The summed E-state index contributed by atoms with van der Waals surface area (Å²) in [6.45, 7) is 0. The first-order chi connectivity index (χ1) is 11.3. The maximum atomic E-state index is 12.5. The topological polar surface area (TPSA) is 97.5 Å². The predicted molar refractivity (Wildman–Crippen MR) is 82.5 cm³/mol. The number of alkyl halides is 3. The molecule has 0 amide bonds. The zero-order valence-corrected chi connectivity index (χ0v) is 12.9. The first kappa shape index (κ1) is 17.7. The Balaban J connectivity index is 2.43. The molecule has 1 N–H and O–H groups in total. The van der Waals surface area contributed by atoms with Gasteiger partial charge in [0.25, 0.3) is 0 Å². The van der Waals surface area contributed by atoms with Gasteiger partial charge < -0.3 is 5.32 Å². The molecule has 0 spiro atoms. The molecule has 122 valence electrons. The van der Waals surface area contributed by atoms with E-state index in [1.807, 2.05) is 0 Å². The van der Waals surface area contributed by atoms with Crippen molar-refractivity contribution < 1.29 is 13.2 Å². The Morgan fingerprint density at radius 3 is 2.33 bits per heavy atom. The van der Waals surface area contributed by atoms with E-state index in [0.29, 0.717) is 0 Å². The number of benzene rings is 1. The highest BCUT2D eigenvalue weighted by Gasteiger charge is 2.30. The Labute approximate surface area is 143 Å². The molecule has 0 aliphatic carbocycles. The molecule has 24 heavy (non-hydrogen) atoms. The molecule has 11 heteroatoms. The summed E-state index contributed by atoms with van der Waals surface area (Å²) in [4.78, 5) is 6.40. The van der Waals surface area contributed by atoms with Crippen molar-refractivity contribution in [3.05, 3.63) is 55.9 Å². The van der Waals surface area contributed by atoms with Crippen LogP contribution in [0.15, 0.2) is 29.4 Å². The van der Waals surface area contributed by atoms with E-state index >= 15 is 0 Å². The van der Waals surface area contributed by atoms with Gasteiger partial charge in [-0.15, -0.1) is 0 Å². The highest BCUT2D eigenvalue weighted by atomic mass is 35.5. The van der Waals surface area contributed by atoms with E-state index < -0.39 is 11.7 Å². The minimum absolute atomic E-state index is 0.0668. The Morgan fingerprint density at radius 1 is 1.21 bits per heavy atom. The van der Waals surface area contributed by atoms with Crippen molar-refractivity contribution >= 4 is 40.5 Å². The summed E-state index contributed by atoms with van der Waals surface area (Å²) in [6, 6.07) is 5.78. The number of nitriles is 1. The summed E-state index contributed by atoms with van der Waals surface area (Å²) in [7, 11) is 0. The smallest absolute Gasteiger partial charge is 0.339 e. The third kappa shape index (κ3) is 3.63. The van der Waals surface area contributed by atoms with E-state index in [1.54, 1.807) is 6.07 Å². The number of anilines is 2. The van der Waals surface area contributed by atoms with Gasteiger partial charge in [-0.1, -0.05) is 23.2 Å². The SMILES string of the molecule is N#Cc1c(N=[N+]=[N-])nc(Nc2ccc(C(F)(F)F)cc2)c(Cl)c1Cl. The summed E-state index contributed by atoms with van der Waals surface area (Å²) in [5.41, 5.74) is 7.70. The number of azide groups is 1. The van der Waals surface area contributed by atoms with Crippen molar-refractivity contribution in [2.75, 3.05) is 5.32 Å². The number of rotatable bonds is 3. The second kappa shape index (κ2) is 6.84. The Kier molecular flexibility index (Phi) is 5.04. The predicted octanol–water partition coefficient (Wildman–Crippen LogP) is 5.96. The van der Waals surface area contributed by atoms with Crippen LogP contribution >= 0.6 is 23.2 Å². The number of pyridine rings is 1. The van der Waals surface area contributed by atoms with Gasteiger partial charge in [-0.3, -0.25) is 0 Å². The van der Waals surface area contributed by atoms with Crippen LogP contribution in [0.3, 0.4) is 0 Å². The van der Waals surface area contributed by atoms with E-state index in [2.05, 4.69) is 20.3 Å². The lowest BCUT2D eigenvalue weighted by Gasteiger charge is -2.12. The van der Waals surface area contributed by atoms with Gasteiger partial charge in [0, 0.05) is 10.6 Å². The summed E-state index contributed by atoms with van der Waals surface area (Å²) >= 11 is 11.9. The lowest BCUT2D eigenvalue weighted by molar-refractivity contribution is -0.137. The van der Waals surface area contributed by atoms with Crippen LogP contribution in [-0.2, 0) is 6.18 Å². The van der Waals surface area contributed by atoms with E-state index in [1.165, 1.54) is 12.1 Å². The Hall–Kier alpha value is -2.66. The second-order valence-corrected chi connectivity index (χ2v) is 5.04. The van der Waals surface area contributed by atoms with E-state index in [9.17, 15) is 13.2 Å². The average Bonchev–Trinajstić information content (AvgIpc) is 2.52. The van der Waals surface area contributed by atoms with Crippen molar-refractivity contribution in [2.24, 2.45) is 5.11 Å². The number of hydrogen-bond acceptors (Lipinski definition) is 4. The van der Waals surface area contributed by atoms with Crippen LogP contribution in [0, 0.1) is 11.3 Å². The van der Waals surface area contributed by atoms with Crippen LogP contribution in [0.5, 0.6) is 0 Å². The van der Waals surface area contributed by atoms with Crippen LogP contribution in [0.4, 0.5) is 30.5 Å². The number of nitrogens with one attached hydrogen (secondary N) is 1. The van der Waals surface area contributed by atoms with Crippen molar-refractivity contribution in [3.63, 3.8) is 0 Å². The minimum atomic E-state index is -4.46. The Morgan fingerprint density at radius 2 is 1.83 bits per heavy atom. The summed E-state index contributed by atoms with van der Waals surface area (Å²) in [5.74, 6) is -0.369. The van der Waals surface area contributed by atoms with Gasteiger partial charge in [-0.2, -0.15) is 18.4 Å². The molecule has 6 nitrogen and oxygen atoms in total. The van der Waals surface area contributed by atoms with E-state index in [-0.39, 0.29) is 32.9 Å². The molecule has 2 rings (SSSR count). The first-order valence-corrected chi connectivity index (χ1v) is 6.82. The maximum Gasteiger partial charge on any atom is 0.416 e. The molecule has 0 fully saturated rings. The molecular formula is C13H5Cl2F3N6. The fourth-order valence-corrected chi connectivity index (χ4v) is 2.10. The molecule has 0 bridgehead atoms. The standard InChI is InChI=1S/C13H5Cl2F3N6/c14-9-8(5-19)11(23-24-20)22-12(10(9)15)21-7-3-1-6(2-4-7)13(16,17)18/h1-4H,(H,21,22). The molecule has 0 saturated carbocycles. The van der Waals surface area contributed by atoms with Crippen molar-refractivity contribution in [1.29, 1.82) is 5.26 Å². The molecule has 0 unspecified atom stereocenters. The van der Waals surface area contributed by atoms with E-state index in [0.717, 1.165) is 12.1 Å². The lowest BCUT2D eigenvalue weighted by Crippen LogP contribution is -2.04. The molecule has 1 aromatic heterocycles. The molecule has 1 aromatic carbocycles. The van der Waals surface area contributed by atoms with Gasteiger partial charge in [0.2, 0.25) is 0 Å². The molecule has 0 aliphatic heterocycles. The minimum Gasteiger partial charge on any atom is -0.339 e. The van der Waals surface area contributed by atoms with Crippen molar-refractivity contribution in [3.8, 4) is 6.07 Å². The largest absolute Gasteiger partial charge is 0.416 e. The lowest BCUT2D eigenvalue weighted by atomic mass is 10.2. The summed E-state index contributed by atoms with van der Waals surface area (Å²) in [6.07, 6.45) is -4.46. The molecule has 0 atom stereocenters. The molecule has 0 aliphatic rings. The van der Waals surface area contributed by atoms with Crippen LogP contribution in [-0.4, -0.2) is 4.98 Å². The monoisotopic (exact) mass is 372 g/mol. The third-order valence-electron chi connectivity index (χ3n) is 2.79. The zero-order chi connectivity index (χ0) is 17.9. The fraction of sp³-hybridized carbons (Fsp3) is 0.0769. The Bertz CT molecular complexity index is 867. The second-order valence-electron chi connectivity index (χ2n) is 4.29. The van der Waals surface area contributed by atoms with Crippen LogP contribution in [0.2, 0.25) is 10.0 Å². The number of aromatic nitrogens is 1. The van der Waals surface area contributed by atoms with Gasteiger partial charge in [0.15, 0.2) is 5.82 Å². The fourth-order valence-electron chi connectivity index (χ4n) is 1.70. The summed E-state index contributed by atoms with van der Waals surface area (Å²) in [5, 5.41) is 14.6. The molecular weight excluding hydrogens is 368 g/mol. The molecule has 0 saturated heterocycles. The molecule has 2 aromatic rings. The quantitative estimate of drug-likeness (QED) is 0.408. The summed E-state index contributed by atoms with van der Waals surface area (Å²) < 4.78 is 37.6. The van der Waals surface area contributed by atoms with Gasteiger partial charge in [0.1, 0.15) is 22.5 Å². The number of nitrogens with zero attached hydrogens (tertiary/aromatic N) is 5. The van der Waals surface area contributed by atoms with E-state index in [4.69, 9.17) is 34.0 Å². The average molecular weight is 373 g/mol. The van der Waals surface area contributed by atoms with Crippen LogP contribution < -0.4 is 5.32 Å². The highest BCUT2D eigenvalue weighted by Crippen LogP contribution is 2.38. The van der Waals surface area contributed by atoms with Gasteiger partial charge in [0.05, 0.1) is 10.6 Å². The van der Waals surface area contributed by atoms with Crippen molar-refractivity contribution in [2.45, 2.75) is 6.18 Å². The molecule has 0 radical (unpaired) electrons. The number of hydrogen-bond donors (Lipinski definition) is 1. The normalized spacial score (nSPS) is 10.7. The van der Waals surface area contributed by atoms with Crippen molar-refractivity contribution in [1.82, 2.24) is 4.98 Å². The van der Waals surface area contributed by atoms with Gasteiger partial charge in [-0.25, -0.2) is 4.98 Å². The first-order valence-electron chi connectivity index (χ1n) is 6.06. The third-order valence-corrected chi connectivity index (χ3v) is 3.63. The number of halogens is 5. The maximum absolute atomic E-state index is 12.5. The highest BCUT2D eigenvalue weighted by molar-refractivity contribution is 6.44.